The Morgan fingerprint density at radius 1 is 1.06 bits per heavy atom. The molecule has 2 heterocycles. The minimum absolute atomic E-state index is 0.141. The van der Waals surface area contributed by atoms with E-state index in [1.165, 1.54) is 24.1 Å². The maximum atomic E-state index is 13.5. The third-order valence-electron chi connectivity index (χ3n) is 7.96. The molecule has 31 heavy (non-hydrogen) atoms. The Balaban J connectivity index is 1.26. The van der Waals surface area contributed by atoms with Crippen molar-refractivity contribution in [3.8, 4) is 11.3 Å². The molecule has 2 aromatic rings. The molecule has 4 aliphatic carbocycles. The monoisotopic (exact) mass is 437 g/mol. The van der Waals surface area contributed by atoms with Crippen molar-refractivity contribution >= 4 is 22.4 Å². The zero-order valence-corrected chi connectivity index (χ0v) is 18.8. The van der Waals surface area contributed by atoms with E-state index in [9.17, 15) is 4.79 Å². The van der Waals surface area contributed by atoms with E-state index in [1.807, 2.05) is 6.07 Å². The number of rotatable bonds is 5. The molecule has 0 unspecified atom stereocenters. The van der Waals surface area contributed by atoms with Gasteiger partial charge in [-0.15, -0.1) is 0 Å². The largest absolute Gasteiger partial charge is 0.379 e. The topological polar surface area (TPSA) is 54.5 Å². The summed E-state index contributed by atoms with van der Waals surface area (Å²) in [5.74, 6) is 2.54. The SMILES string of the molecule is O=C(Nc1nc(-c2ccccc2)c(CN2CCOCC2)s1)C12CC3CC(CC(C3)C1)C2. The highest BCUT2D eigenvalue weighted by Gasteiger charge is 2.54. The lowest BCUT2D eigenvalue weighted by molar-refractivity contribution is -0.140. The Bertz CT molecular complexity index is 916. The zero-order chi connectivity index (χ0) is 20.8. The number of thiazole rings is 1. The molecular formula is C25H31N3O2S. The summed E-state index contributed by atoms with van der Waals surface area (Å²) in [4.78, 5) is 22.1. The predicted octanol–water partition coefficient (Wildman–Crippen LogP) is 4.80. The number of carbonyl (C=O) groups is 1. The van der Waals surface area contributed by atoms with Gasteiger partial charge >= 0.3 is 0 Å². The summed E-state index contributed by atoms with van der Waals surface area (Å²) in [7, 11) is 0. The summed E-state index contributed by atoms with van der Waals surface area (Å²) in [5, 5.41) is 4.06. The van der Waals surface area contributed by atoms with Crippen LogP contribution in [-0.4, -0.2) is 42.1 Å². The molecule has 0 radical (unpaired) electrons. The van der Waals surface area contributed by atoms with Crippen molar-refractivity contribution in [2.75, 3.05) is 31.6 Å². The van der Waals surface area contributed by atoms with Crippen molar-refractivity contribution in [3.63, 3.8) is 0 Å². The highest BCUT2D eigenvalue weighted by molar-refractivity contribution is 7.16. The summed E-state index contributed by atoms with van der Waals surface area (Å²) >= 11 is 1.65. The van der Waals surface area contributed by atoms with Gasteiger partial charge in [-0.05, 0) is 56.3 Å². The molecule has 4 bridgehead atoms. The molecule has 5 aliphatic rings. The Morgan fingerprint density at radius 3 is 2.35 bits per heavy atom. The Kier molecular flexibility index (Phi) is 5.12. The molecule has 1 amide bonds. The third-order valence-corrected chi connectivity index (χ3v) is 8.91. The molecular weight excluding hydrogens is 406 g/mol. The minimum Gasteiger partial charge on any atom is -0.379 e. The van der Waals surface area contributed by atoms with E-state index >= 15 is 0 Å². The maximum absolute atomic E-state index is 13.5. The number of morpholine rings is 1. The van der Waals surface area contributed by atoms with Crippen LogP contribution in [0.1, 0.15) is 43.4 Å². The first-order valence-corrected chi connectivity index (χ1v) is 12.7. The molecule has 7 rings (SSSR count). The van der Waals surface area contributed by atoms with Gasteiger partial charge in [-0.2, -0.15) is 0 Å². The van der Waals surface area contributed by atoms with E-state index in [1.54, 1.807) is 11.3 Å². The van der Waals surface area contributed by atoms with E-state index in [2.05, 4.69) is 34.5 Å². The van der Waals surface area contributed by atoms with Crippen molar-refractivity contribution in [3.05, 3.63) is 35.2 Å². The second-order valence-electron chi connectivity index (χ2n) is 10.2. The van der Waals surface area contributed by atoms with Crippen LogP contribution in [0.5, 0.6) is 0 Å². The van der Waals surface area contributed by atoms with Gasteiger partial charge in [-0.1, -0.05) is 41.7 Å². The lowest BCUT2D eigenvalue weighted by Crippen LogP contribution is -2.51. The third kappa shape index (κ3) is 3.83. The molecule has 1 aliphatic heterocycles. The number of anilines is 1. The first kappa shape index (κ1) is 19.9. The number of ether oxygens (including phenoxy) is 1. The number of aromatic nitrogens is 1. The van der Waals surface area contributed by atoms with Gasteiger partial charge in [0.1, 0.15) is 0 Å². The Morgan fingerprint density at radius 2 is 1.71 bits per heavy atom. The van der Waals surface area contributed by atoms with Crippen LogP contribution in [0.25, 0.3) is 11.3 Å². The van der Waals surface area contributed by atoms with Crippen molar-refractivity contribution in [1.82, 2.24) is 9.88 Å². The lowest BCUT2D eigenvalue weighted by Gasteiger charge is -2.55. The smallest absolute Gasteiger partial charge is 0.232 e. The van der Waals surface area contributed by atoms with Crippen LogP contribution < -0.4 is 5.32 Å². The van der Waals surface area contributed by atoms with Gasteiger partial charge in [-0.25, -0.2) is 4.98 Å². The van der Waals surface area contributed by atoms with Gasteiger partial charge in [0.25, 0.3) is 0 Å². The van der Waals surface area contributed by atoms with Gasteiger partial charge < -0.3 is 10.1 Å². The second-order valence-corrected chi connectivity index (χ2v) is 11.3. The van der Waals surface area contributed by atoms with Crippen molar-refractivity contribution < 1.29 is 9.53 Å². The van der Waals surface area contributed by atoms with Crippen molar-refractivity contribution in [1.29, 1.82) is 0 Å². The van der Waals surface area contributed by atoms with Crippen LogP contribution in [0.4, 0.5) is 5.13 Å². The first-order valence-electron chi connectivity index (χ1n) is 11.8. The van der Waals surface area contributed by atoms with E-state index < -0.39 is 0 Å². The van der Waals surface area contributed by atoms with Crippen LogP contribution in [0.2, 0.25) is 0 Å². The van der Waals surface area contributed by atoms with E-state index in [4.69, 9.17) is 9.72 Å². The number of hydrogen-bond acceptors (Lipinski definition) is 5. The minimum atomic E-state index is -0.141. The van der Waals surface area contributed by atoms with Gasteiger partial charge in [0.05, 0.1) is 24.3 Å². The Labute approximate surface area is 188 Å². The molecule has 0 atom stereocenters. The standard InChI is InChI=1S/C25H31N3O2S/c29-23(25-13-17-10-18(14-25)12-19(11-17)15-25)27-24-26-22(20-4-2-1-3-5-20)21(31-24)16-28-6-8-30-9-7-28/h1-5,17-19H,6-16H2,(H,26,27,29). The fourth-order valence-corrected chi connectivity index (χ4v) is 7.94. The van der Waals surface area contributed by atoms with E-state index in [0.29, 0.717) is 0 Å². The van der Waals surface area contributed by atoms with Gasteiger partial charge in [0.15, 0.2) is 5.13 Å². The number of hydrogen-bond donors (Lipinski definition) is 1. The molecule has 164 valence electrons. The van der Waals surface area contributed by atoms with Gasteiger partial charge in [-0.3, -0.25) is 9.69 Å². The lowest BCUT2D eigenvalue weighted by atomic mass is 9.49. The number of benzene rings is 1. The average molecular weight is 438 g/mol. The zero-order valence-electron chi connectivity index (χ0n) is 18.0. The number of carbonyl (C=O) groups excluding carboxylic acids is 1. The maximum Gasteiger partial charge on any atom is 0.232 e. The highest BCUT2D eigenvalue weighted by atomic mass is 32.1. The van der Waals surface area contributed by atoms with Crippen LogP contribution in [0.3, 0.4) is 0 Å². The molecule has 1 saturated heterocycles. The quantitative estimate of drug-likeness (QED) is 0.730. The molecule has 5 nitrogen and oxygen atoms in total. The van der Waals surface area contributed by atoms with Crippen molar-refractivity contribution in [2.24, 2.45) is 23.2 Å². The van der Waals surface area contributed by atoms with Crippen LogP contribution >= 0.6 is 11.3 Å². The number of nitrogens with zero attached hydrogens (tertiary/aromatic N) is 2. The van der Waals surface area contributed by atoms with Crippen LogP contribution in [-0.2, 0) is 16.1 Å². The summed E-state index contributed by atoms with van der Waals surface area (Å²) < 4.78 is 5.52. The highest BCUT2D eigenvalue weighted by Crippen LogP contribution is 2.60. The average Bonchev–Trinajstić information content (AvgIpc) is 3.16. The fourth-order valence-electron chi connectivity index (χ4n) is 6.91. The molecule has 4 saturated carbocycles. The molecule has 1 N–H and O–H groups in total. The summed E-state index contributed by atoms with van der Waals surface area (Å²) in [6, 6.07) is 10.4. The van der Waals surface area contributed by atoms with Crippen LogP contribution in [0, 0.1) is 23.2 Å². The van der Waals surface area contributed by atoms with E-state index in [0.717, 1.165) is 86.3 Å². The normalized spacial score (nSPS) is 32.3. The van der Waals surface area contributed by atoms with E-state index in [-0.39, 0.29) is 11.3 Å². The number of nitrogens with one attached hydrogen (secondary N) is 1. The summed E-state index contributed by atoms with van der Waals surface area (Å²) in [5.41, 5.74) is 1.99. The molecule has 0 spiro atoms. The van der Waals surface area contributed by atoms with Crippen molar-refractivity contribution in [2.45, 2.75) is 45.1 Å². The molecule has 1 aromatic carbocycles. The molecule has 6 heteroatoms. The predicted molar refractivity (Wildman–Crippen MR) is 123 cm³/mol. The fraction of sp³-hybridized carbons (Fsp3) is 0.600. The van der Waals surface area contributed by atoms with Gasteiger partial charge in [0.2, 0.25) is 5.91 Å². The molecule has 1 aromatic heterocycles. The second kappa shape index (κ2) is 7.98. The first-order chi connectivity index (χ1) is 15.2. The summed E-state index contributed by atoms with van der Waals surface area (Å²) in [6.07, 6.45) is 7.32. The van der Waals surface area contributed by atoms with Crippen LogP contribution in [0.15, 0.2) is 30.3 Å². The number of amides is 1. The Hall–Kier alpha value is -1.76. The summed E-state index contributed by atoms with van der Waals surface area (Å²) in [6.45, 7) is 4.32. The van der Waals surface area contributed by atoms with Gasteiger partial charge in [0, 0.05) is 30.1 Å². The molecule has 5 fully saturated rings.